The van der Waals surface area contributed by atoms with E-state index < -0.39 is 0 Å². The molecule has 0 fully saturated rings. The van der Waals surface area contributed by atoms with Crippen molar-refractivity contribution in [2.24, 2.45) is 12.0 Å². The van der Waals surface area contributed by atoms with Crippen molar-refractivity contribution >= 4 is 17.9 Å². The minimum Gasteiger partial charge on any atom is -0.462 e. The molecule has 0 bridgehead atoms. The summed E-state index contributed by atoms with van der Waals surface area (Å²) in [6.07, 6.45) is 1.85. The number of carbonyl (C=O) groups is 1. The average molecular weight is 284 g/mol. The summed E-state index contributed by atoms with van der Waals surface area (Å²) in [6, 6.07) is 9.19. The van der Waals surface area contributed by atoms with Crippen LogP contribution in [0.4, 0.5) is 5.69 Å². The highest BCUT2D eigenvalue weighted by molar-refractivity contribution is 5.90. The van der Waals surface area contributed by atoms with Crippen LogP contribution < -0.4 is 0 Å². The molecular weight excluding hydrogens is 264 g/mol. The van der Waals surface area contributed by atoms with Gasteiger partial charge in [0, 0.05) is 30.2 Å². The van der Waals surface area contributed by atoms with Gasteiger partial charge >= 0.3 is 5.97 Å². The van der Waals surface area contributed by atoms with Crippen LogP contribution in [0.5, 0.6) is 0 Å². The first-order valence-electron chi connectivity index (χ1n) is 6.97. The fourth-order valence-electron chi connectivity index (χ4n) is 2.06. The van der Waals surface area contributed by atoms with E-state index in [-0.39, 0.29) is 5.97 Å². The van der Waals surface area contributed by atoms with Gasteiger partial charge in [-0.1, -0.05) is 0 Å². The minimum atomic E-state index is -0.303. The molecule has 0 unspecified atom stereocenters. The van der Waals surface area contributed by atoms with Gasteiger partial charge in [0.05, 0.1) is 17.9 Å². The molecule has 0 aliphatic rings. The molecule has 2 rings (SSSR count). The zero-order valence-corrected chi connectivity index (χ0v) is 12.9. The number of rotatable bonds is 4. The third kappa shape index (κ3) is 3.40. The second-order valence-electron chi connectivity index (χ2n) is 4.91. The molecule has 110 valence electrons. The number of aromatic nitrogens is 1. The number of carbonyl (C=O) groups excluding carboxylic acids is 1. The molecule has 0 spiro atoms. The zero-order chi connectivity index (χ0) is 15.4. The first-order valence-corrected chi connectivity index (χ1v) is 6.97. The largest absolute Gasteiger partial charge is 0.462 e. The summed E-state index contributed by atoms with van der Waals surface area (Å²) in [5.41, 5.74) is 4.84. The summed E-state index contributed by atoms with van der Waals surface area (Å²) in [5.74, 6) is -0.303. The third-order valence-corrected chi connectivity index (χ3v) is 3.55. The van der Waals surface area contributed by atoms with Gasteiger partial charge in [-0.2, -0.15) is 0 Å². The fourth-order valence-corrected chi connectivity index (χ4v) is 2.06. The maximum atomic E-state index is 11.6. The van der Waals surface area contributed by atoms with Crippen LogP contribution in [0.2, 0.25) is 0 Å². The first kappa shape index (κ1) is 15.0. The lowest BCUT2D eigenvalue weighted by atomic mass is 10.2. The molecule has 0 amide bonds. The number of hydrogen-bond donors (Lipinski definition) is 0. The summed E-state index contributed by atoms with van der Waals surface area (Å²) in [6.45, 7) is 6.31. The molecule has 0 N–H and O–H groups in total. The lowest BCUT2D eigenvalue weighted by Gasteiger charge is -2.01. The van der Waals surface area contributed by atoms with Crippen LogP contribution >= 0.6 is 0 Å². The Morgan fingerprint density at radius 2 is 1.95 bits per heavy atom. The van der Waals surface area contributed by atoms with E-state index in [1.54, 1.807) is 19.1 Å². The van der Waals surface area contributed by atoms with Crippen molar-refractivity contribution in [2.75, 3.05) is 6.61 Å². The second kappa shape index (κ2) is 6.39. The van der Waals surface area contributed by atoms with Crippen molar-refractivity contribution < 1.29 is 9.53 Å². The summed E-state index contributed by atoms with van der Waals surface area (Å²) >= 11 is 0. The van der Waals surface area contributed by atoms with Gasteiger partial charge in [0.2, 0.25) is 0 Å². The van der Waals surface area contributed by atoms with Gasteiger partial charge in [-0.25, -0.2) is 4.79 Å². The molecule has 4 nitrogen and oxygen atoms in total. The van der Waals surface area contributed by atoms with Gasteiger partial charge in [-0.15, -0.1) is 0 Å². The van der Waals surface area contributed by atoms with Crippen LogP contribution in [0, 0.1) is 13.8 Å². The molecule has 0 radical (unpaired) electrons. The maximum absolute atomic E-state index is 11.6. The molecule has 1 heterocycles. The molecule has 0 aliphatic carbocycles. The Labute approximate surface area is 125 Å². The SMILES string of the molecule is CCOC(=O)c1ccc(N=Cc2cc(C)n(C)c2C)cc1. The Morgan fingerprint density at radius 1 is 1.29 bits per heavy atom. The van der Waals surface area contributed by atoms with E-state index in [0.29, 0.717) is 12.2 Å². The van der Waals surface area contributed by atoms with Gasteiger partial charge in [-0.3, -0.25) is 4.99 Å². The molecule has 0 saturated carbocycles. The molecule has 0 atom stereocenters. The number of aliphatic imine (C=N–C) groups is 1. The molecule has 0 aliphatic heterocycles. The number of esters is 1. The Hall–Kier alpha value is -2.36. The maximum Gasteiger partial charge on any atom is 0.338 e. The summed E-state index contributed by atoms with van der Waals surface area (Å²) < 4.78 is 7.08. The van der Waals surface area contributed by atoms with Crippen LogP contribution in [0.1, 0.15) is 34.2 Å². The monoisotopic (exact) mass is 284 g/mol. The zero-order valence-electron chi connectivity index (χ0n) is 12.9. The number of nitrogens with zero attached hydrogens (tertiary/aromatic N) is 2. The Kier molecular flexibility index (Phi) is 4.58. The van der Waals surface area contributed by atoms with E-state index in [4.69, 9.17) is 4.74 Å². The summed E-state index contributed by atoms with van der Waals surface area (Å²) in [7, 11) is 2.04. The van der Waals surface area contributed by atoms with E-state index in [9.17, 15) is 4.79 Å². The highest BCUT2D eigenvalue weighted by Crippen LogP contribution is 2.16. The molecule has 2 aromatic rings. The minimum absolute atomic E-state index is 0.303. The highest BCUT2D eigenvalue weighted by atomic mass is 16.5. The molecule has 21 heavy (non-hydrogen) atoms. The Balaban J connectivity index is 2.14. The van der Waals surface area contributed by atoms with Gasteiger partial charge in [0.25, 0.3) is 0 Å². The number of benzene rings is 1. The lowest BCUT2D eigenvalue weighted by molar-refractivity contribution is 0.0526. The third-order valence-electron chi connectivity index (χ3n) is 3.55. The second-order valence-corrected chi connectivity index (χ2v) is 4.91. The number of hydrogen-bond acceptors (Lipinski definition) is 3. The molecule has 0 saturated heterocycles. The Morgan fingerprint density at radius 3 is 2.48 bits per heavy atom. The number of ether oxygens (including phenoxy) is 1. The topological polar surface area (TPSA) is 43.6 Å². The smallest absolute Gasteiger partial charge is 0.338 e. The van der Waals surface area contributed by atoms with Crippen molar-refractivity contribution in [3.8, 4) is 0 Å². The standard InChI is InChI=1S/C17H20N2O2/c1-5-21-17(20)14-6-8-16(9-7-14)18-11-15-10-12(2)19(4)13(15)3/h6-11H,5H2,1-4H3. The van der Waals surface area contributed by atoms with Gasteiger partial charge in [0.15, 0.2) is 0 Å². The first-order chi connectivity index (χ1) is 10.0. The molecule has 1 aromatic heterocycles. The van der Waals surface area contributed by atoms with E-state index in [1.165, 1.54) is 11.4 Å². The molecular formula is C17H20N2O2. The van der Waals surface area contributed by atoms with Gasteiger partial charge in [0.1, 0.15) is 0 Å². The molecule has 1 aromatic carbocycles. The number of aryl methyl sites for hydroxylation is 1. The summed E-state index contributed by atoms with van der Waals surface area (Å²) in [4.78, 5) is 16.0. The van der Waals surface area contributed by atoms with Crippen LogP contribution in [0.15, 0.2) is 35.3 Å². The van der Waals surface area contributed by atoms with Gasteiger partial charge in [-0.05, 0) is 51.1 Å². The normalized spacial score (nSPS) is 11.0. The van der Waals surface area contributed by atoms with E-state index >= 15 is 0 Å². The van der Waals surface area contributed by atoms with Crippen molar-refractivity contribution in [1.29, 1.82) is 0 Å². The highest BCUT2D eigenvalue weighted by Gasteiger charge is 2.06. The van der Waals surface area contributed by atoms with Crippen LogP contribution in [0.3, 0.4) is 0 Å². The van der Waals surface area contributed by atoms with Crippen molar-refractivity contribution in [3.63, 3.8) is 0 Å². The average Bonchev–Trinajstić information content (AvgIpc) is 2.73. The lowest BCUT2D eigenvalue weighted by Crippen LogP contribution is -2.03. The predicted octanol–water partition coefficient (Wildman–Crippen LogP) is 3.57. The van der Waals surface area contributed by atoms with Crippen LogP contribution in [0.25, 0.3) is 0 Å². The van der Waals surface area contributed by atoms with Gasteiger partial charge < -0.3 is 9.30 Å². The van der Waals surface area contributed by atoms with Crippen molar-refractivity contribution in [2.45, 2.75) is 20.8 Å². The quantitative estimate of drug-likeness (QED) is 0.636. The molecule has 4 heteroatoms. The Bertz CT molecular complexity index is 667. The fraction of sp³-hybridized carbons (Fsp3) is 0.294. The van der Waals surface area contributed by atoms with Crippen molar-refractivity contribution in [1.82, 2.24) is 4.57 Å². The van der Waals surface area contributed by atoms with E-state index in [1.807, 2.05) is 25.4 Å². The van der Waals surface area contributed by atoms with E-state index in [2.05, 4.69) is 29.5 Å². The van der Waals surface area contributed by atoms with Crippen molar-refractivity contribution in [3.05, 3.63) is 52.8 Å². The van der Waals surface area contributed by atoms with E-state index in [0.717, 1.165) is 11.3 Å². The predicted molar refractivity (Wildman–Crippen MR) is 84.5 cm³/mol. The summed E-state index contributed by atoms with van der Waals surface area (Å²) in [5, 5.41) is 0. The van der Waals surface area contributed by atoms with Crippen LogP contribution in [-0.2, 0) is 11.8 Å². The van der Waals surface area contributed by atoms with Crippen LogP contribution in [-0.4, -0.2) is 23.4 Å².